The molecular formula is C36H40ClN3O6S. The number of benzene rings is 4. The molecule has 0 heterocycles. The summed E-state index contributed by atoms with van der Waals surface area (Å²) in [4.78, 5) is 29.9. The van der Waals surface area contributed by atoms with E-state index in [0.29, 0.717) is 23.7 Å². The molecule has 9 nitrogen and oxygen atoms in total. The minimum absolute atomic E-state index is 0.00783. The predicted molar refractivity (Wildman–Crippen MR) is 184 cm³/mol. The summed E-state index contributed by atoms with van der Waals surface area (Å²) in [6, 6.07) is 26.5. The quantitative estimate of drug-likeness (QED) is 0.165. The smallest absolute Gasteiger partial charge is 0.264 e. The Bertz CT molecular complexity index is 1750. The Labute approximate surface area is 282 Å². The first-order valence-electron chi connectivity index (χ1n) is 15.2. The van der Waals surface area contributed by atoms with E-state index in [1.807, 2.05) is 44.2 Å². The lowest BCUT2D eigenvalue weighted by Gasteiger charge is -2.34. The van der Waals surface area contributed by atoms with E-state index in [-0.39, 0.29) is 35.2 Å². The van der Waals surface area contributed by atoms with Gasteiger partial charge in [0.2, 0.25) is 11.8 Å². The van der Waals surface area contributed by atoms with Crippen LogP contribution in [0.5, 0.6) is 11.5 Å². The molecular weight excluding hydrogens is 638 g/mol. The summed E-state index contributed by atoms with van der Waals surface area (Å²) in [7, 11) is -1.44. The highest BCUT2D eigenvalue weighted by molar-refractivity contribution is 7.92. The van der Waals surface area contributed by atoms with Crippen molar-refractivity contribution in [1.29, 1.82) is 0 Å². The molecule has 0 aliphatic carbocycles. The third-order valence-corrected chi connectivity index (χ3v) is 9.65. The van der Waals surface area contributed by atoms with Crippen LogP contribution in [0.4, 0.5) is 5.69 Å². The van der Waals surface area contributed by atoms with Gasteiger partial charge in [-0.3, -0.25) is 13.9 Å². The highest BCUT2D eigenvalue weighted by atomic mass is 35.5. The zero-order chi connectivity index (χ0) is 34.0. The van der Waals surface area contributed by atoms with Gasteiger partial charge in [-0.25, -0.2) is 8.42 Å². The number of nitrogens with one attached hydrogen (secondary N) is 1. The molecule has 0 unspecified atom stereocenters. The van der Waals surface area contributed by atoms with Gasteiger partial charge in [0, 0.05) is 30.6 Å². The van der Waals surface area contributed by atoms with Crippen LogP contribution in [0.25, 0.3) is 0 Å². The van der Waals surface area contributed by atoms with Crippen LogP contribution in [0.3, 0.4) is 0 Å². The highest BCUT2D eigenvalue weighted by Crippen LogP contribution is 2.36. The number of sulfonamides is 1. The third kappa shape index (κ3) is 9.05. The fourth-order valence-electron chi connectivity index (χ4n) is 5.05. The van der Waals surface area contributed by atoms with Crippen molar-refractivity contribution < 1.29 is 27.5 Å². The molecule has 0 aliphatic heterocycles. The van der Waals surface area contributed by atoms with Gasteiger partial charge in [0.25, 0.3) is 10.0 Å². The molecule has 2 amide bonds. The van der Waals surface area contributed by atoms with E-state index < -0.39 is 28.5 Å². The van der Waals surface area contributed by atoms with Gasteiger partial charge in [-0.15, -0.1) is 0 Å². The largest absolute Gasteiger partial charge is 0.497 e. The first-order chi connectivity index (χ1) is 22.6. The van der Waals surface area contributed by atoms with Gasteiger partial charge in [-0.1, -0.05) is 78.7 Å². The average molecular weight is 678 g/mol. The van der Waals surface area contributed by atoms with Gasteiger partial charge in [0.05, 0.1) is 24.8 Å². The van der Waals surface area contributed by atoms with Crippen molar-refractivity contribution >= 4 is 39.1 Å². The van der Waals surface area contributed by atoms with Crippen LogP contribution in [0.1, 0.15) is 30.0 Å². The summed E-state index contributed by atoms with van der Waals surface area (Å²) < 4.78 is 40.7. The Balaban J connectivity index is 1.85. The summed E-state index contributed by atoms with van der Waals surface area (Å²) in [6.07, 6.45) is 0.913. The van der Waals surface area contributed by atoms with Gasteiger partial charge in [0.1, 0.15) is 24.1 Å². The lowest BCUT2D eigenvalue weighted by Crippen LogP contribution is -2.53. The summed E-state index contributed by atoms with van der Waals surface area (Å²) >= 11 is 6.16. The number of hydrogen-bond acceptors (Lipinski definition) is 6. The van der Waals surface area contributed by atoms with Gasteiger partial charge < -0.3 is 19.7 Å². The van der Waals surface area contributed by atoms with E-state index in [1.165, 1.54) is 37.3 Å². The van der Waals surface area contributed by atoms with Crippen molar-refractivity contribution in [3.63, 3.8) is 0 Å². The molecule has 4 aromatic rings. The molecule has 0 radical (unpaired) electrons. The monoisotopic (exact) mass is 677 g/mol. The number of rotatable bonds is 15. The van der Waals surface area contributed by atoms with Crippen molar-refractivity contribution in [2.24, 2.45) is 0 Å². The topological polar surface area (TPSA) is 105 Å². The summed E-state index contributed by atoms with van der Waals surface area (Å²) in [5, 5.41) is 3.46. The zero-order valence-corrected chi connectivity index (χ0v) is 28.6. The molecule has 0 fully saturated rings. The predicted octanol–water partition coefficient (Wildman–Crippen LogP) is 6.03. The van der Waals surface area contributed by atoms with E-state index in [0.717, 1.165) is 21.0 Å². The number of halogens is 1. The maximum atomic E-state index is 14.6. The number of amides is 2. The van der Waals surface area contributed by atoms with Crippen LogP contribution in [-0.2, 0) is 32.6 Å². The van der Waals surface area contributed by atoms with Gasteiger partial charge >= 0.3 is 0 Å². The fourth-order valence-corrected chi connectivity index (χ4v) is 6.59. The molecule has 0 aromatic heterocycles. The van der Waals surface area contributed by atoms with E-state index in [4.69, 9.17) is 21.1 Å². The van der Waals surface area contributed by atoms with Crippen molar-refractivity contribution in [2.45, 2.75) is 44.2 Å². The summed E-state index contributed by atoms with van der Waals surface area (Å²) in [5.41, 5.74) is 2.55. The molecule has 0 aliphatic rings. The van der Waals surface area contributed by atoms with Crippen molar-refractivity contribution in [3.05, 3.63) is 119 Å². The van der Waals surface area contributed by atoms with Crippen LogP contribution >= 0.6 is 11.6 Å². The van der Waals surface area contributed by atoms with E-state index in [2.05, 4.69) is 5.32 Å². The Hall–Kier alpha value is -4.54. The van der Waals surface area contributed by atoms with E-state index >= 15 is 0 Å². The van der Waals surface area contributed by atoms with E-state index in [9.17, 15) is 18.0 Å². The second-order valence-corrected chi connectivity index (χ2v) is 13.3. The number of nitrogens with zero attached hydrogens (tertiary/aromatic N) is 2. The standard InChI is InChI=1S/C36H40ClN3O6S/c1-5-21-38-36(42)33(22-27-9-7-6-8-10-27)39(24-28-13-15-29(37)16-14-28)35(41)25-40(32-23-30(45-3)17-20-34(32)46-4)47(43,44)31-18-11-26(2)12-19-31/h6-20,23,33H,5,21-22,24-25H2,1-4H3,(H,38,42)/t33-/m1/s1. The van der Waals surface area contributed by atoms with Gasteiger partial charge in [0.15, 0.2) is 0 Å². The Morgan fingerprint density at radius 3 is 2.17 bits per heavy atom. The highest BCUT2D eigenvalue weighted by Gasteiger charge is 2.35. The molecule has 47 heavy (non-hydrogen) atoms. The van der Waals surface area contributed by atoms with E-state index in [1.54, 1.807) is 48.5 Å². The van der Waals surface area contributed by atoms with Crippen molar-refractivity contribution in [3.8, 4) is 11.5 Å². The second kappa shape index (κ2) is 16.3. The normalized spacial score (nSPS) is 11.8. The van der Waals surface area contributed by atoms with Crippen LogP contribution in [0.15, 0.2) is 102 Å². The molecule has 1 N–H and O–H groups in total. The fraction of sp³-hybridized carbons (Fsp3) is 0.278. The SMILES string of the molecule is CCCNC(=O)[C@@H](Cc1ccccc1)N(Cc1ccc(Cl)cc1)C(=O)CN(c1cc(OC)ccc1OC)S(=O)(=O)c1ccc(C)cc1. The number of methoxy groups -OCH3 is 2. The van der Waals surface area contributed by atoms with Crippen molar-refractivity contribution in [1.82, 2.24) is 10.2 Å². The molecule has 248 valence electrons. The van der Waals surface area contributed by atoms with Crippen molar-refractivity contribution in [2.75, 3.05) is 31.6 Å². The molecule has 0 bridgehead atoms. The Kier molecular flexibility index (Phi) is 12.3. The third-order valence-electron chi connectivity index (χ3n) is 7.63. The lowest BCUT2D eigenvalue weighted by atomic mass is 10.0. The van der Waals surface area contributed by atoms with Crippen LogP contribution < -0.4 is 19.1 Å². The molecule has 1 atom stereocenters. The number of carbonyl (C=O) groups excluding carboxylic acids is 2. The number of ether oxygens (including phenoxy) is 2. The van der Waals surface area contributed by atoms with Crippen LogP contribution in [0.2, 0.25) is 5.02 Å². The van der Waals surface area contributed by atoms with Gasteiger partial charge in [-0.05, 0) is 60.9 Å². The Morgan fingerprint density at radius 2 is 1.55 bits per heavy atom. The second-order valence-electron chi connectivity index (χ2n) is 11.0. The number of anilines is 1. The molecule has 0 spiro atoms. The minimum atomic E-state index is -4.32. The number of aryl methyl sites for hydroxylation is 1. The minimum Gasteiger partial charge on any atom is -0.497 e. The Morgan fingerprint density at radius 1 is 0.872 bits per heavy atom. The number of carbonyl (C=O) groups is 2. The first kappa shape index (κ1) is 35.3. The maximum absolute atomic E-state index is 14.6. The molecule has 11 heteroatoms. The molecule has 4 rings (SSSR count). The van der Waals surface area contributed by atoms with Crippen LogP contribution in [0, 0.1) is 6.92 Å². The zero-order valence-electron chi connectivity index (χ0n) is 27.0. The summed E-state index contributed by atoms with van der Waals surface area (Å²) in [6.45, 7) is 3.62. The first-order valence-corrected chi connectivity index (χ1v) is 17.1. The summed E-state index contributed by atoms with van der Waals surface area (Å²) in [5.74, 6) is -0.339. The average Bonchev–Trinajstić information content (AvgIpc) is 3.08. The maximum Gasteiger partial charge on any atom is 0.264 e. The lowest BCUT2D eigenvalue weighted by molar-refractivity contribution is -0.140. The molecule has 4 aromatic carbocycles. The van der Waals surface area contributed by atoms with Gasteiger partial charge in [-0.2, -0.15) is 0 Å². The molecule has 0 saturated heterocycles. The van der Waals surface area contributed by atoms with Crippen LogP contribution in [-0.4, -0.2) is 58.5 Å². The molecule has 0 saturated carbocycles. The number of hydrogen-bond donors (Lipinski definition) is 1.